The lowest BCUT2D eigenvalue weighted by Gasteiger charge is -2.33. The Morgan fingerprint density at radius 1 is 0.964 bits per heavy atom. The highest BCUT2D eigenvalue weighted by molar-refractivity contribution is 7.89. The lowest BCUT2D eigenvalue weighted by Crippen LogP contribution is -2.51. The highest BCUT2D eigenvalue weighted by Gasteiger charge is 2.25. The van der Waals surface area contributed by atoms with Crippen molar-refractivity contribution in [3.63, 3.8) is 0 Å². The normalized spacial score (nSPS) is 14.5. The van der Waals surface area contributed by atoms with Gasteiger partial charge in [0.05, 0.1) is 17.9 Å². The van der Waals surface area contributed by atoms with Gasteiger partial charge < -0.3 is 19.3 Å². The second kappa shape index (κ2) is 9.54. The molecule has 0 saturated carbocycles. The fourth-order valence-corrected chi connectivity index (χ4v) is 3.49. The van der Waals surface area contributed by atoms with E-state index in [4.69, 9.17) is 9.47 Å². The van der Waals surface area contributed by atoms with E-state index in [1.54, 1.807) is 6.92 Å². The summed E-state index contributed by atoms with van der Waals surface area (Å²) in [5.74, 6) is -1.12. The zero-order chi connectivity index (χ0) is 20.7. The number of ether oxygens (including phenoxy) is 2. The largest absolute Gasteiger partial charge is 0.452 e. The third-order valence-electron chi connectivity index (χ3n) is 4.10. The number of sulfone groups is 1. The predicted molar refractivity (Wildman–Crippen MR) is 100 cm³/mol. The van der Waals surface area contributed by atoms with Crippen LogP contribution < -0.4 is 0 Å². The summed E-state index contributed by atoms with van der Waals surface area (Å²) < 4.78 is 32.5. The van der Waals surface area contributed by atoms with Crippen molar-refractivity contribution in [2.24, 2.45) is 0 Å². The van der Waals surface area contributed by atoms with Gasteiger partial charge in [0.2, 0.25) is 0 Å². The van der Waals surface area contributed by atoms with Crippen LogP contribution in [-0.4, -0.2) is 81.8 Å². The number of benzene rings is 1. The first-order valence-corrected chi connectivity index (χ1v) is 10.9. The summed E-state index contributed by atoms with van der Waals surface area (Å²) in [5.41, 5.74) is 0.798. The van der Waals surface area contributed by atoms with E-state index in [0.29, 0.717) is 38.3 Å². The van der Waals surface area contributed by atoms with Gasteiger partial charge in [0.25, 0.3) is 5.91 Å². The Morgan fingerprint density at radius 2 is 1.54 bits per heavy atom. The Bertz CT molecular complexity index is 813. The Kier molecular flexibility index (Phi) is 7.38. The van der Waals surface area contributed by atoms with Gasteiger partial charge in [-0.3, -0.25) is 4.79 Å². The summed E-state index contributed by atoms with van der Waals surface area (Å²) in [6, 6.07) is 6.00. The second-order valence-corrected chi connectivity index (χ2v) is 8.55. The number of esters is 1. The van der Waals surface area contributed by atoms with Gasteiger partial charge in [-0.15, -0.1) is 0 Å². The van der Waals surface area contributed by atoms with Gasteiger partial charge in [-0.25, -0.2) is 18.0 Å². The number of carbonyl (C=O) groups is 3. The van der Waals surface area contributed by atoms with Crippen molar-refractivity contribution in [1.82, 2.24) is 9.80 Å². The molecule has 1 heterocycles. The maximum atomic E-state index is 12.2. The molecule has 1 aliphatic rings. The van der Waals surface area contributed by atoms with Gasteiger partial charge in [-0.2, -0.15) is 0 Å². The van der Waals surface area contributed by atoms with Crippen LogP contribution in [0.3, 0.4) is 0 Å². The number of nitrogens with zero attached hydrogens (tertiary/aromatic N) is 2. The Hall–Kier alpha value is -2.62. The Balaban J connectivity index is 1.80. The molecular formula is C18H24N2O7S. The molecule has 1 fully saturated rings. The number of hydrogen-bond acceptors (Lipinski definition) is 7. The van der Waals surface area contributed by atoms with Crippen molar-refractivity contribution in [3.05, 3.63) is 35.4 Å². The minimum atomic E-state index is -3.16. The van der Waals surface area contributed by atoms with Crippen molar-refractivity contribution < 1.29 is 32.3 Å². The molecule has 0 bridgehead atoms. The summed E-state index contributed by atoms with van der Waals surface area (Å²) in [5, 5.41) is 0. The molecule has 0 unspecified atom stereocenters. The number of amides is 2. The molecule has 0 atom stereocenters. The zero-order valence-electron chi connectivity index (χ0n) is 15.9. The SMILES string of the molecule is CCOC(=O)N1CCN(C(=O)COC(=O)c2ccc(CS(C)(=O)=O)cc2)CC1. The Labute approximate surface area is 164 Å². The van der Waals surface area contributed by atoms with E-state index in [2.05, 4.69) is 0 Å². The molecule has 1 aliphatic heterocycles. The van der Waals surface area contributed by atoms with Crippen molar-refractivity contribution in [1.29, 1.82) is 0 Å². The van der Waals surface area contributed by atoms with Crippen molar-refractivity contribution in [3.8, 4) is 0 Å². The highest BCUT2D eigenvalue weighted by atomic mass is 32.2. The monoisotopic (exact) mass is 412 g/mol. The van der Waals surface area contributed by atoms with Gasteiger partial charge in [-0.1, -0.05) is 12.1 Å². The number of rotatable bonds is 6. The topological polar surface area (TPSA) is 110 Å². The van der Waals surface area contributed by atoms with Gasteiger partial charge in [0.1, 0.15) is 0 Å². The van der Waals surface area contributed by atoms with Crippen molar-refractivity contribution in [2.75, 3.05) is 45.6 Å². The van der Waals surface area contributed by atoms with Crippen molar-refractivity contribution >= 4 is 27.8 Å². The summed E-state index contributed by atoms with van der Waals surface area (Å²) >= 11 is 0. The average molecular weight is 412 g/mol. The maximum Gasteiger partial charge on any atom is 0.409 e. The molecule has 154 valence electrons. The van der Waals surface area contributed by atoms with E-state index in [0.717, 1.165) is 6.26 Å². The fourth-order valence-electron chi connectivity index (χ4n) is 2.69. The van der Waals surface area contributed by atoms with Crippen LogP contribution in [0.2, 0.25) is 0 Å². The molecule has 1 saturated heterocycles. The molecular weight excluding hydrogens is 388 g/mol. The van der Waals surface area contributed by atoms with Crippen LogP contribution in [0.15, 0.2) is 24.3 Å². The lowest BCUT2D eigenvalue weighted by molar-refractivity contribution is -0.136. The molecule has 28 heavy (non-hydrogen) atoms. The fraction of sp³-hybridized carbons (Fsp3) is 0.500. The number of hydrogen-bond donors (Lipinski definition) is 0. The van der Waals surface area contributed by atoms with Crippen LogP contribution >= 0.6 is 0 Å². The van der Waals surface area contributed by atoms with Crippen LogP contribution in [0.5, 0.6) is 0 Å². The van der Waals surface area contributed by atoms with E-state index >= 15 is 0 Å². The van der Waals surface area contributed by atoms with Gasteiger partial charge in [0.15, 0.2) is 16.4 Å². The molecule has 0 aliphatic carbocycles. The molecule has 0 radical (unpaired) electrons. The van der Waals surface area contributed by atoms with Crippen LogP contribution in [0.25, 0.3) is 0 Å². The molecule has 0 N–H and O–H groups in total. The zero-order valence-corrected chi connectivity index (χ0v) is 16.7. The summed E-state index contributed by atoms with van der Waals surface area (Å²) in [7, 11) is -3.16. The van der Waals surface area contributed by atoms with Crippen LogP contribution in [-0.2, 0) is 29.9 Å². The molecule has 0 spiro atoms. The van der Waals surface area contributed by atoms with Gasteiger partial charge >= 0.3 is 12.1 Å². The highest BCUT2D eigenvalue weighted by Crippen LogP contribution is 2.10. The first kappa shape index (κ1) is 21.7. The lowest BCUT2D eigenvalue weighted by atomic mass is 10.1. The smallest absolute Gasteiger partial charge is 0.409 e. The van der Waals surface area contributed by atoms with Crippen LogP contribution in [0.1, 0.15) is 22.8 Å². The minimum Gasteiger partial charge on any atom is -0.452 e. The summed E-state index contributed by atoms with van der Waals surface area (Å²) in [4.78, 5) is 39.0. The maximum absolute atomic E-state index is 12.2. The predicted octanol–water partition coefficient (Wildman–Crippen LogP) is 0.689. The van der Waals surface area contributed by atoms with E-state index in [1.807, 2.05) is 0 Å². The van der Waals surface area contributed by atoms with E-state index in [9.17, 15) is 22.8 Å². The first-order chi connectivity index (χ1) is 13.2. The molecule has 0 aromatic heterocycles. The standard InChI is InChI=1S/C18H24N2O7S/c1-3-26-18(23)20-10-8-19(9-11-20)16(21)12-27-17(22)15-6-4-14(5-7-15)13-28(2,24)25/h4-7H,3,8-13H2,1-2H3. The van der Waals surface area contributed by atoms with Gasteiger partial charge in [-0.05, 0) is 24.6 Å². The van der Waals surface area contributed by atoms with E-state index < -0.39 is 28.5 Å². The quantitative estimate of drug-likeness (QED) is 0.632. The molecule has 1 aromatic carbocycles. The van der Waals surface area contributed by atoms with Crippen molar-refractivity contribution in [2.45, 2.75) is 12.7 Å². The number of piperazine rings is 1. The van der Waals surface area contributed by atoms with E-state index in [1.165, 1.54) is 34.1 Å². The van der Waals surface area contributed by atoms with Gasteiger partial charge in [0, 0.05) is 32.4 Å². The summed E-state index contributed by atoms with van der Waals surface area (Å²) in [6.07, 6.45) is 0.730. The molecule has 1 aromatic rings. The molecule has 10 heteroatoms. The molecule has 2 rings (SSSR count). The molecule has 9 nitrogen and oxygen atoms in total. The average Bonchev–Trinajstić information content (AvgIpc) is 2.65. The molecule has 2 amide bonds. The minimum absolute atomic E-state index is 0.113. The van der Waals surface area contributed by atoms with E-state index in [-0.39, 0.29) is 17.2 Å². The first-order valence-electron chi connectivity index (χ1n) is 8.83. The van der Waals surface area contributed by atoms with Crippen LogP contribution in [0.4, 0.5) is 4.79 Å². The third-order valence-corrected chi connectivity index (χ3v) is 4.96. The number of carbonyl (C=O) groups excluding carboxylic acids is 3. The van der Waals surface area contributed by atoms with Crippen LogP contribution in [0, 0.1) is 0 Å². The summed E-state index contributed by atoms with van der Waals surface area (Å²) in [6.45, 7) is 3.03. The second-order valence-electron chi connectivity index (χ2n) is 6.41. The Morgan fingerprint density at radius 3 is 2.07 bits per heavy atom. The third kappa shape index (κ3) is 6.52.